The van der Waals surface area contributed by atoms with Crippen LogP contribution in [0.15, 0.2) is 72.0 Å². The highest BCUT2D eigenvalue weighted by atomic mass is 32.2. The molecule has 0 bridgehead atoms. The van der Waals surface area contributed by atoms with E-state index >= 15 is 0 Å². The molecule has 10 heteroatoms. The van der Waals surface area contributed by atoms with Gasteiger partial charge in [0.25, 0.3) is 5.69 Å². The van der Waals surface area contributed by atoms with Crippen LogP contribution in [0.2, 0.25) is 0 Å². The third kappa shape index (κ3) is 3.65. The zero-order valence-corrected chi connectivity index (χ0v) is 17.8. The normalized spacial score (nSPS) is 14.5. The van der Waals surface area contributed by atoms with E-state index in [2.05, 4.69) is 20.5 Å². The maximum absolute atomic E-state index is 11.0. The average Bonchev–Trinajstić information content (AvgIpc) is 3.23. The summed E-state index contributed by atoms with van der Waals surface area (Å²) in [6.07, 6.45) is 1.31. The smallest absolute Gasteiger partial charge is 0.269 e. The quantitative estimate of drug-likeness (QED) is 0.263. The maximum Gasteiger partial charge on any atom is 0.269 e. The Labute approximate surface area is 187 Å². The van der Waals surface area contributed by atoms with E-state index in [1.54, 1.807) is 12.1 Å². The molecule has 5 rings (SSSR count). The molecule has 0 radical (unpaired) electrons. The van der Waals surface area contributed by atoms with E-state index in [0.29, 0.717) is 16.7 Å². The van der Waals surface area contributed by atoms with E-state index in [9.17, 15) is 10.1 Å². The molecule has 1 N–H and O–H groups in total. The topological polar surface area (TPSA) is 108 Å². The Hall–Kier alpha value is -3.92. The third-order valence-corrected chi connectivity index (χ3v) is 5.71. The van der Waals surface area contributed by atoms with Crippen molar-refractivity contribution in [3.63, 3.8) is 0 Å². The van der Waals surface area contributed by atoms with Gasteiger partial charge in [0, 0.05) is 35.3 Å². The molecule has 0 spiro atoms. The predicted molar refractivity (Wildman–Crippen MR) is 121 cm³/mol. The first-order valence-corrected chi connectivity index (χ1v) is 10.9. The molecule has 0 saturated carbocycles. The molecule has 3 heterocycles. The van der Waals surface area contributed by atoms with Gasteiger partial charge in [-0.05, 0) is 36.1 Å². The summed E-state index contributed by atoms with van der Waals surface area (Å²) in [5, 5.41) is 23.6. The fourth-order valence-electron chi connectivity index (χ4n) is 3.55. The predicted octanol–water partition coefficient (Wildman–Crippen LogP) is 4.85. The lowest BCUT2D eigenvalue weighted by atomic mass is 10.1. The van der Waals surface area contributed by atoms with E-state index in [1.165, 1.54) is 23.9 Å². The number of benzene rings is 2. The molecule has 0 aliphatic carbocycles. The van der Waals surface area contributed by atoms with Gasteiger partial charge in [-0.3, -0.25) is 10.1 Å². The second-order valence-corrected chi connectivity index (χ2v) is 8.18. The Bertz CT molecular complexity index is 1290. The molecule has 0 fully saturated rings. The SMILES string of the molecule is CCSc1nnc2c(n1)OC(c1cccn1-c1ccc([N+](=O)[O-])cc1)Nc1ccccc1-2. The van der Waals surface area contributed by atoms with E-state index < -0.39 is 11.2 Å². The Kier molecular flexibility index (Phi) is 5.20. The average molecular weight is 446 g/mol. The van der Waals surface area contributed by atoms with Gasteiger partial charge in [-0.15, -0.1) is 10.2 Å². The summed E-state index contributed by atoms with van der Waals surface area (Å²) < 4.78 is 8.25. The van der Waals surface area contributed by atoms with Crippen molar-refractivity contribution in [2.75, 3.05) is 11.1 Å². The molecule has 9 nitrogen and oxygen atoms in total. The minimum atomic E-state index is -0.571. The molecule has 1 atom stereocenters. The molecule has 0 amide bonds. The van der Waals surface area contributed by atoms with Gasteiger partial charge in [0.2, 0.25) is 17.3 Å². The van der Waals surface area contributed by atoms with Crippen molar-refractivity contribution >= 4 is 23.1 Å². The fourth-order valence-corrected chi connectivity index (χ4v) is 4.05. The van der Waals surface area contributed by atoms with Crippen LogP contribution >= 0.6 is 11.8 Å². The van der Waals surface area contributed by atoms with Crippen molar-refractivity contribution in [3.05, 3.63) is 82.7 Å². The molecule has 1 aliphatic rings. The summed E-state index contributed by atoms with van der Waals surface area (Å²) in [6, 6.07) is 18.0. The zero-order valence-electron chi connectivity index (χ0n) is 17.0. The molecule has 160 valence electrons. The first-order chi connectivity index (χ1) is 15.6. The second-order valence-electron chi connectivity index (χ2n) is 6.95. The van der Waals surface area contributed by atoms with E-state index in [-0.39, 0.29) is 5.69 Å². The molecule has 0 saturated heterocycles. The Morgan fingerprint density at radius 3 is 2.72 bits per heavy atom. The number of nitrogens with zero attached hydrogens (tertiary/aromatic N) is 5. The van der Waals surface area contributed by atoms with Crippen molar-refractivity contribution in [3.8, 4) is 22.8 Å². The molecule has 2 aromatic heterocycles. The summed E-state index contributed by atoms with van der Waals surface area (Å²) in [5.41, 5.74) is 3.90. The minimum Gasteiger partial charge on any atom is -0.446 e. The number of anilines is 1. The number of thioether (sulfide) groups is 1. The highest BCUT2D eigenvalue weighted by Crippen LogP contribution is 2.39. The van der Waals surface area contributed by atoms with Crippen LogP contribution in [0, 0.1) is 10.1 Å². The number of hydrogen-bond donors (Lipinski definition) is 1. The first kappa shape index (κ1) is 20.0. The van der Waals surface area contributed by atoms with Crippen LogP contribution in [0.25, 0.3) is 16.9 Å². The maximum atomic E-state index is 11.0. The van der Waals surface area contributed by atoms with Crippen molar-refractivity contribution in [2.45, 2.75) is 18.3 Å². The van der Waals surface area contributed by atoms with Gasteiger partial charge in [-0.25, -0.2) is 0 Å². The van der Waals surface area contributed by atoms with Gasteiger partial charge in [0.1, 0.15) is 0 Å². The largest absolute Gasteiger partial charge is 0.446 e. The fraction of sp³-hybridized carbons (Fsp3) is 0.136. The number of aromatic nitrogens is 4. The number of non-ortho nitro benzene ring substituents is 1. The number of nitro benzene ring substituents is 1. The van der Waals surface area contributed by atoms with Crippen LogP contribution in [0.5, 0.6) is 5.88 Å². The van der Waals surface area contributed by atoms with Crippen molar-refractivity contribution in [1.82, 2.24) is 19.7 Å². The highest BCUT2D eigenvalue weighted by Gasteiger charge is 2.27. The van der Waals surface area contributed by atoms with Gasteiger partial charge < -0.3 is 14.6 Å². The summed E-state index contributed by atoms with van der Waals surface area (Å²) >= 11 is 1.49. The zero-order chi connectivity index (χ0) is 22.1. The van der Waals surface area contributed by atoms with Gasteiger partial charge in [-0.1, -0.05) is 36.9 Å². The summed E-state index contributed by atoms with van der Waals surface area (Å²) in [7, 11) is 0. The number of hydrogen-bond acceptors (Lipinski definition) is 8. The lowest BCUT2D eigenvalue weighted by Gasteiger charge is -2.21. The van der Waals surface area contributed by atoms with Crippen LogP contribution in [0.3, 0.4) is 0 Å². The third-order valence-electron chi connectivity index (χ3n) is 4.99. The molecule has 1 unspecified atom stereocenters. The number of ether oxygens (including phenoxy) is 1. The van der Waals surface area contributed by atoms with Crippen molar-refractivity contribution < 1.29 is 9.66 Å². The van der Waals surface area contributed by atoms with Crippen molar-refractivity contribution in [1.29, 1.82) is 0 Å². The Morgan fingerprint density at radius 1 is 1.12 bits per heavy atom. The molecule has 2 aromatic carbocycles. The van der Waals surface area contributed by atoms with Crippen LogP contribution in [0.1, 0.15) is 18.8 Å². The molecule has 4 aromatic rings. The first-order valence-electron chi connectivity index (χ1n) is 9.96. The van der Waals surface area contributed by atoms with Gasteiger partial charge in [0.05, 0.1) is 10.6 Å². The second kappa shape index (κ2) is 8.31. The van der Waals surface area contributed by atoms with Gasteiger partial charge in [-0.2, -0.15) is 4.98 Å². The Morgan fingerprint density at radius 2 is 1.94 bits per heavy atom. The van der Waals surface area contributed by atoms with Gasteiger partial charge in [0.15, 0.2) is 5.69 Å². The summed E-state index contributed by atoms with van der Waals surface area (Å²) in [5.74, 6) is 1.22. The lowest BCUT2D eigenvalue weighted by molar-refractivity contribution is -0.384. The molecular weight excluding hydrogens is 428 g/mol. The Balaban J connectivity index is 1.58. The number of nitrogens with one attached hydrogen (secondary N) is 1. The monoisotopic (exact) mass is 446 g/mol. The number of nitro groups is 1. The van der Waals surface area contributed by atoms with E-state index in [1.807, 2.05) is 54.1 Å². The number of rotatable bonds is 5. The standard InChI is InChI=1S/C22H18N6O3S/c1-2-32-22-24-21-19(25-26-22)16-6-3-4-7-17(16)23-20(31-21)18-8-5-13-27(18)14-9-11-15(12-10-14)28(29)30/h3-13,20,23H,2H2,1H3. The molecule has 1 aliphatic heterocycles. The van der Waals surface area contributed by atoms with Crippen LogP contribution < -0.4 is 10.1 Å². The number of para-hydroxylation sites is 1. The number of fused-ring (bicyclic) bond motifs is 3. The highest BCUT2D eigenvalue weighted by molar-refractivity contribution is 7.99. The molecular formula is C22H18N6O3S. The van der Waals surface area contributed by atoms with Crippen LogP contribution in [0.4, 0.5) is 11.4 Å². The van der Waals surface area contributed by atoms with Crippen LogP contribution in [-0.2, 0) is 0 Å². The van der Waals surface area contributed by atoms with E-state index in [4.69, 9.17) is 4.74 Å². The summed E-state index contributed by atoms with van der Waals surface area (Å²) in [6.45, 7) is 2.03. The minimum absolute atomic E-state index is 0.0397. The van der Waals surface area contributed by atoms with Crippen LogP contribution in [-0.4, -0.2) is 30.4 Å². The van der Waals surface area contributed by atoms with Gasteiger partial charge >= 0.3 is 0 Å². The van der Waals surface area contributed by atoms with Crippen molar-refractivity contribution in [2.24, 2.45) is 0 Å². The van der Waals surface area contributed by atoms with E-state index in [0.717, 1.165) is 28.4 Å². The molecule has 32 heavy (non-hydrogen) atoms. The summed E-state index contributed by atoms with van der Waals surface area (Å²) in [4.78, 5) is 15.2. The lowest BCUT2D eigenvalue weighted by Crippen LogP contribution is -2.20.